The van der Waals surface area contributed by atoms with E-state index in [2.05, 4.69) is 6.58 Å². The summed E-state index contributed by atoms with van der Waals surface area (Å²) < 4.78 is 5.17. The Balaban J connectivity index is 2.81. The SMILES string of the molecule is C=C(C)C(=O)OC(C)c1ccc(O)c(C)c1. The molecule has 0 saturated carbocycles. The Hall–Kier alpha value is -1.77. The Morgan fingerprint density at radius 1 is 1.50 bits per heavy atom. The fourth-order valence-corrected chi connectivity index (χ4v) is 1.26. The highest BCUT2D eigenvalue weighted by Gasteiger charge is 2.12. The van der Waals surface area contributed by atoms with Crippen LogP contribution in [0.1, 0.15) is 31.1 Å². The summed E-state index contributed by atoms with van der Waals surface area (Å²) in [6.07, 6.45) is -0.344. The summed E-state index contributed by atoms with van der Waals surface area (Å²) in [5, 5.41) is 9.37. The van der Waals surface area contributed by atoms with Gasteiger partial charge in [0.2, 0.25) is 0 Å². The van der Waals surface area contributed by atoms with Crippen molar-refractivity contribution in [1.29, 1.82) is 0 Å². The topological polar surface area (TPSA) is 46.5 Å². The maximum absolute atomic E-state index is 11.3. The van der Waals surface area contributed by atoms with Gasteiger partial charge >= 0.3 is 5.97 Å². The lowest BCUT2D eigenvalue weighted by molar-refractivity contribution is -0.143. The van der Waals surface area contributed by atoms with Gasteiger partial charge in [-0.25, -0.2) is 4.79 Å². The fraction of sp³-hybridized carbons (Fsp3) is 0.308. The standard InChI is InChI=1S/C13H16O3/c1-8(2)13(15)16-10(4)11-5-6-12(14)9(3)7-11/h5-7,10,14H,1H2,2-4H3. The van der Waals surface area contributed by atoms with Crippen molar-refractivity contribution in [1.82, 2.24) is 0 Å². The van der Waals surface area contributed by atoms with Gasteiger partial charge < -0.3 is 9.84 Å². The molecule has 0 heterocycles. The minimum Gasteiger partial charge on any atom is -0.508 e. The van der Waals surface area contributed by atoms with Crippen molar-refractivity contribution in [2.45, 2.75) is 26.9 Å². The summed E-state index contributed by atoms with van der Waals surface area (Å²) >= 11 is 0. The molecule has 0 aliphatic rings. The molecule has 1 rings (SSSR count). The zero-order chi connectivity index (χ0) is 12.3. The van der Waals surface area contributed by atoms with Crippen LogP contribution in [0.25, 0.3) is 0 Å². The molecule has 1 unspecified atom stereocenters. The molecule has 1 atom stereocenters. The molecule has 86 valence electrons. The molecule has 16 heavy (non-hydrogen) atoms. The molecule has 3 heteroatoms. The molecular weight excluding hydrogens is 204 g/mol. The van der Waals surface area contributed by atoms with Crippen molar-refractivity contribution in [3.8, 4) is 5.75 Å². The number of hydrogen-bond acceptors (Lipinski definition) is 3. The van der Waals surface area contributed by atoms with Gasteiger partial charge in [-0.15, -0.1) is 0 Å². The molecule has 0 amide bonds. The first kappa shape index (κ1) is 12.3. The van der Waals surface area contributed by atoms with Crippen LogP contribution >= 0.6 is 0 Å². The quantitative estimate of drug-likeness (QED) is 0.629. The average molecular weight is 220 g/mol. The molecule has 0 aromatic heterocycles. The molecule has 0 saturated heterocycles. The summed E-state index contributed by atoms with van der Waals surface area (Å²) in [4.78, 5) is 11.3. The smallest absolute Gasteiger partial charge is 0.333 e. The predicted molar refractivity (Wildman–Crippen MR) is 62.2 cm³/mol. The second kappa shape index (κ2) is 4.84. The second-order valence-corrected chi connectivity index (χ2v) is 3.87. The molecule has 3 nitrogen and oxygen atoms in total. The van der Waals surface area contributed by atoms with Crippen LogP contribution in [-0.2, 0) is 9.53 Å². The zero-order valence-corrected chi connectivity index (χ0v) is 9.78. The second-order valence-electron chi connectivity index (χ2n) is 3.87. The molecule has 1 N–H and O–H groups in total. The minimum atomic E-state index is -0.404. The van der Waals surface area contributed by atoms with Gasteiger partial charge in [-0.3, -0.25) is 0 Å². The molecule has 0 spiro atoms. The normalized spacial score (nSPS) is 11.9. The highest BCUT2D eigenvalue weighted by atomic mass is 16.5. The Morgan fingerprint density at radius 2 is 2.12 bits per heavy atom. The van der Waals surface area contributed by atoms with Crippen molar-refractivity contribution in [2.24, 2.45) is 0 Å². The van der Waals surface area contributed by atoms with Gasteiger partial charge in [0, 0.05) is 5.57 Å². The van der Waals surface area contributed by atoms with E-state index in [1.807, 2.05) is 0 Å². The van der Waals surface area contributed by atoms with Crippen LogP contribution in [0.2, 0.25) is 0 Å². The summed E-state index contributed by atoms with van der Waals surface area (Å²) in [7, 11) is 0. The third kappa shape index (κ3) is 2.86. The van der Waals surface area contributed by atoms with Crippen LogP contribution in [-0.4, -0.2) is 11.1 Å². The number of hydrogen-bond donors (Lipinski definition) is 1. The highest BCUT2D eigenvalue weighted by molar-refractivity contribution is 5.87. The fourth-order valence-electron chi connectivity index (χ4n) is 1.26. The number of phenolic OH excluding ortho intramolecular Hbond substituents is 1. The van der Waals surface area contributed by atoms with E-state index in [0.717, 1.165) is 11.1 Å². The lowest BCUT2D eigenvalue weighted by Crippen LogP contribution is -2.09. The van der Waals surface area contributed by atoms with E-state index in [1.165, 1.54) is 0 Å². The Bertz CT molecular complexity index is 421. The van der Waals surface area contributed by atoms with Gasteiger partial charge in [0.05, 0.1) is 0 Å². The number of phenols is 1. The largest absolute Gasteiger partial charge is 0.508 e. The Labute approximate surface area is 95.4 Å². The van der Waals surface area contributed by atoms with Crippen LogP contribution < -0.4 is 0 Å². The maximum Gasteiger partial charge on any atom is 0.333 e. The molecule has 1 aromatic carbocycles. The van der Waals surface area contributed by atoms with E-state index in [0.29, 0.717) is 5.57 Å². The lowest BCUT2D eigenvalue weighted by Gasteiger charge is -2.14. The van der Waals surface area contributed by atoms with E-state index in [9.17, 15) is 9.90 Å². The molecule has 0 aliphatic heterocycles. The Morgan fingerprint density at radius 3 is 2.62 bits per heavy atom. The number of benzene rings is 1. The predicted octanol–water partition coefficient (Wildman–Crippen LogP) is 2.88. The van der Waals surface area contributed by atoms with Crippen molar-refractivity contribution in [3.05, 3.63) is 41.5 Å². The highest BCUT2D eigenvalue weighted by Crippen LogP contribution is 2.23. The zero-order valence-electron chi connectivity index (χ0n) is 9.78. The monoisotopic (exact) mass is 220 g/mol. The summed E-state index contributed by atoms with van der Waals surface area (Å²) in [5.74, 6) is -0.166. The van der Waals surface area contributed by atoms with Gasteiger partial charge in [0.25, 0.3) is 0 Å². The summed E-state index contributed by atoms with van der Waals surface area (Å²) in [6, 6.07) is 5.13. The Kier molecular flexibility index (Phi) is 3.72. The minimum absolute atomic E-state index is 0.238. The molecular formula is C13H16O3. The molecule has 0 radical (unpaired) electrons. The first-order valence-corrected chi connectivity index (χ1v) is 5.08. The number of carbonyl (C=O) groups is 1. The first-order chi connectivity index (χ1) is 7.41. The van der Waals surface area contributed by atoms with Gasteiger partial charge in [0.15, 0.2) is 0 Å². The van der Waals surface area contributed by atoms with Crippen LogP contribution in [0.5, 0.6) is 5.75 Å². The van der Waals surface area contributed by atoms with E-state index in [4.69, 9.17) is 4.74 Å². The molecule has 0 bridgehead atoms. The number of ether oxygens (including phenoxy) is 1. The third-order valence-corrected chi connectivity index (χ3v) is 2.32. The number of carbonyl (C=O) groups excluding carboxylic acids is 1. The van der Waals surface area contributed by atoms with Crippen molar-refractivity contribution in [2.75, 3.05) is 0 Å². The van der Waals surface area contributed by atoms with E-state index >= 15 is 0 Å². The van der Waals surface area contributed by atoms with Crippen LogP contribution in [0.3, 0.4) is 0 Å². The third-order valence-electron chi connectivity index (χ3n) is 2.32. The first-order valence-electron chi connectivity index (χ1n) is 5.08. The number of aryl methyl sites for hydroxylation is 1. The van der Waals surface area contributed by atoms with Gasteiger partial charge in [-0.1, -0.05) is 12.6 Å². The number of rotatable bonds is 3. The van der Waals surface area contributed by atoms with Crippen LogP contribution in [0.15, 0.2) is 30.4 Å². The summed E-state index contributed by atoms with van der Waals surface area (Å²) in [6.45, 7) is 8.71. The summed E-state index contributed by atoms with van der Waals surface area (Å²) in [5.41, 5.74) is 1.99. The van der Waals surface area contributed by atoms with Crippen molar-refractivity contribution >= 4 is 5.97 Å². The van der Waals surface area contributed by atoms with Gasteiger partial charge in [0.1, 0.15) is 11.9 Å². The number of esters is 1. The van der Waals surface area contributed by atoms with E-state index < -0.39 is 5.97 Å². The average Bonchev–Trinajstić information content (AvgIpc) is 2.21. The van der Waals surface area contributed by atoms with E-state index in [1.54, 1.807) is 39.0 Å². The molecule has 1 aromatic rings. The number of aromatic hydroxyl groups is 1. The van der Waals surface area contributed by atoms with Crippen LogP contribution in [0.4, 0.5) is 0 Å². The van der Waals surface area contributed by atoms with Crippen molar-refractivity contribution in [3.63, 3.8) is 0 Å². The van der Waals surface area contributed by atoms with Gasteiger partial charge in [-0.2, -0.15) is 0 Å². The van der Waals surface area contributed by atoms with E-state index in [-0.39, 0.29) is 11.9 Å². The van der Waals surface area contributed by atoms with Crippen molar-refractivity contribution < 1.29 is 14.6 Å². The molecule has 0 aliphatic carbocycles. The molecule has 0 fully saturated rings. The van der Waals surface area contributed by atoms with Crippen LogP contribution in [0, 0.1) is 6.92 Å². The lowest BCUT2D eigenvalue weighted by atomic mass is 10.1. The van der Waals surface area contributed by atoms with Gasteiger partial charge in [-0.05, 0) is 44.0 Å². The maximum atomic E-state index is 11.3.